The predicted octanol–water partition coefficient (Wildman–Crippen LogP) is 2.94. The largest absolute Gasteiger partial charge is 0.318 e. The van der Waals surface area contributed by atoms with Crippen LogP contribution in [0.5, 0.6) is 0 Å². The monoisotopic (exact) mass is 296 g/mol. The molecule has 0 aromatic heterocycles. The number of hydrogen-bond donors (Lipinski definition) is 1. The molecule has 1 unspecified atom stereocenters. The molecule has 0 spiro atoms. The second-order valence-corrected chi connectivity index (χ2v) is 5.77. The summed E-state index contributed by atoms with van der Waals surface area (Å²) in [5.74, 6) is 0. The van der Waals surface area contributed by atoms with E-state index in [0.717, 1.165) is 13.1 Å². The zero-order chi connectivity index (χ0) is 12.3. The van der Waals surface area contributed by atoms with Crippen LogP contribution in [0, 0.1) is 6.92 Å². The van der Waals surface area contributed by atoms with Gasteiger partial charge >= 0.3 is 0 Å². The Hall–Kier alpha value is -0.380. The Morgan fingerprint density at radius 2 is 2.29 bits per heavy atom. The van der Waals surface area contributed by atoms with Crippen molar-refractivity contribution in [1.29, 1.82) is 0 Å². The van der Waals surface area contributed by atoms with Crippen molar-refractivity contribution in [3.63, 3.8) is 0 Å². The number of nitrogens with zero attached hydrogens (tertiary/aromatic N) is 1. The van der Waals surface area contributed by atoms with Crippen molar-refractivity contribution in [3.8, 4) is 0 Å². The van der Waals surface area contributed by atoms with Crippen molar-refractivity contribution in [2.24, 2.45) is 0 Å². The van der Waals surface area contributed by atoms with Gasteiger partial charge in [0.2, 0.25) is 0 Å². The lowest BCUT2D eigenvalue weighted by Gasteiger charge is -2.24. The first-order chi connectivity index (χ1) is 8.20. The lowest BCUT2D eigenvalue weighted by atomic mass is 10.1. The van der Waals surface area contributed by atoms with Crippen LogP contribution >= 0.6 is 15.9 Å². The molecule has 0 aliphatic carbocycles. The van der Waals surface area contributed by atoms with Crippen molar-refractivity contribution < 1.29 is 0 Å². The standard InChI is InChI=1S/C14H21BrN2/c1-11-5-6-12(14(15)8-11)10-17-7-3-4-13(17)9-16-2/h5-6,8,13,16H,3-4,7,9-10H2,1-2H3. The maximum atomic E-state index is 3.67. The van der Waals surface area contributed by atoms with Crippen molar-refractivity contribution in [3.05, 3.63) is 33.8 Å². The molecule has 1 aliphatic heterocycles. The van der Waals surface area contributed by atoms with Crippen LogP contribution in [0.2, 0.25) is 0 Å². The van der Waals surface area contributed by atoms with E-state index in [9.17, 15) is 0 Å². The third-order valence-corrected chi connectivity index (χ3v) is 4.26. The minimum Gasteiger partial charge on any atom is -0.318 e. The molecule has 94 valence electrons. The normalized spacial score (nSPS) is 21.0. The van der Waals surface area contributed by atoms with Gasteiger partial charge in [0.05, 0.1) is 0 Å². The molecule has 1 aromatic carbocycles. The summed E-state index contributed by atoms with van der Waals surface area (Å²) in [5.41, 5.74) is 2.72. The SMILES string of the molecule is CNCC1CCCN1Cc1ccc(C)cc1Br. The molecule has 1 aliphatic rings. The zero-order valence-corrected chi connectivity index (χ0v) is 12.3. The van der Waals surface area contributed by atoms with E-state index in [2.05, 4.69) is 51.3 Å². The average Bonchev–Trinajstić information content (AvgIpc) is 2.71. The lowest BCUT2D eigenvalue weighted by molar-refractivity contribution is 0.242. The second kappa shape index (κ2) is 5.98. The van der Waals surface area contributed by atoms with Gasteiger partial charge in [-0.25, -0.2) is 0 Å². The predicted molar refractivity (Wildman–Crippen MR) is 76.2 cm³/mol. The van der Waals surface area contributed by atoms with E-state index in [1.165, 1.54) is 35.0 Å². The van der Waals surface area contributed by atoms with Gasteiger partial charge in [-0.3, -0.25) is 4.90 Å². The average molecular weight is 297 g/mol. The van der Waals surface area contributed by atoms with E-state index in [0.29, 0.717) is 6.04 Å². The number of rotatable bonds is 4. The van der Waals surface area contributed by atoms with E-state index in [1.807, 2.05) is 7.05 Å². The quantitative estimate of drug-likeness (QED) is 0.919. The Morgan fingerprint density at radius 3 is 3.00 bits per heavy atom. The number of likely N-dealkylation sites (N-methyl/N-ethyl adjacent to an activating group) is 1. The van der Waals surface area contributed by atoms with Gasteiger partial charge < -0.3 is 5.32 Å². The molecule has 1 atom stereocenters. The molecule has 3 heteroatoms. The molecule has 2 rings (SSSR count). The summed E-state index contributed by atoms with van der Waals surface area (Å²) in [7, 11) is 2.04. The van der Waals surface area contributed by atoms with Crippen LogP contribution in [0.1, 0.15) is 24.0 Å². The highest BCUT2D eigenvalue weighted by Crippen LogP contribution is 2.24. The van der Waals surface area contributed by atoms with E-state index >= 15 is 0 Å². The number of halogens is 1. The number of aryl methyl sites for hydroxylation is 1. The maximum Gasteiger partial charge on any atom is 0.0248 e. The lowest BCUT2D eigenvalue weighted by Crippen LogP contribution is -2.36. The fourth-order valence-electron chi connectivity index (χ4n) is 2.57. The Kier molecular flexibility index (Phi) is 4.60. The van der Waals surface area contributed by atoms with Gasteiger partial charge in [0.25, 0.3) is 0 Å². The summed E-state index contributed by atoms with van der Waals surface area (Å²) in [6.45, 7) is 5.53. The van der Waals surface area contributed by atoms with Crippen LogP contribution in [-0.4, -0.2) is 31.1 Å². The topological polar surface area (TPSA) is 15.3 Å². The molecule has 2 nitrogen and oxygen atoms in total. The van der Waals surface area contributed by atoms with Gasteiger partial charge in [-0.15, -0.1) is 0 Å². The fourth-order valence-corrected chi connectivity index (χ4v) is 3.19. The molecule has 0 amide bonds. The first kappa shape index (κ1) is 13.1. The Bertz CT molecular complexity index is 378. The third kappa shape index (κ3) is 3.30. The molecule has 0 saturated carbocycles. The van der Waals surface area contributed by atoms with E-state index in [4.69, 9.17) is 0 Å². The highest BCUT2D eigenvalue weighted by Gasteiger charge is 2.23. The molecule has 1 N–H and O–H groups in total. The first-order valence-corrected chi connectivity index (χ1v) is 7.13. The smallest absolute Gasteiger partial charge is 0.0248 e. The summed E-state index contributed by atoms with van der Waals surface area (Å²) in [5, 5.41) is 3.30. The van der Waals surface area contributed by atoms with Crippen LogP contribution in [0.25, 0.3) is 0 Å². The minimum atomic E-state index is 0.702. The third-order valence-electron chi connectivity index (χ3n) is 3.52. The zero-order valence-electron chi connectivity index (χ0n) is 10.7. The van der Waals surface area contributed by atoms with Crippen LogP contribution in [0.15, 0.2) is 22.7 Å². The van der Waals surface area contributed by atoms with Crippen LogP contribution in [-0.2, 0) is 6.54 Å². The molecule has 0 bridgehead atoms. The molecular weight excluding hydrogens is 276 g/mol. The number of hydrogen-bond acceptors (Lipinski definition) is 2. The Balaban J connectivity index is 2.04. The summed E-state index contributed by atoms with van der Waals surface area (Å²) >= 11 is 3.67. The van der Waals surface area contributed by atoms with Gasteiger partial charge in [-0.1, -0.05) is 28.1 Å². The highest BCUT2D eigenvalue weighted by atomic mass is 79.9. The number of nitrogens with one attached hydrogen (secondary N) is 1. The van der Waals surface area contributed by atoms with Crippen LogP contribution in [0.4, 0.5) is 0 Å². The van der Waals surface area contributed by atoms with E-state index in [1.54, 1.807) is 0 Å². The second-order valence-electron chi connectivity index (χ2n) is 4.92. The molecule has 17 heavy (non-hydrogen) atoms. The summed E-state index contributed by atoms with van der Waals surface area (Å²) < 4.78 is 1.24. The maximum absolute atomic E-state index is 3.67. The molecule has 1 saturated heterocycles. The van der Waals surface area contributed by atoms with Crippen molar-refractivity contribution in [2.45, 2.75) is 32.4 Å². The summed E-state index contributed by atoms with van der Waals surface area (Å²) in [4.78, 5) is 2.59. The number of benzene rings is 1. The van der Waals surface area contributed by atoms with Crippen molar-refractivity contribution in [1.82, 2.24) is 10.2 Å². The van der Waals surface area contributed by atoms with Gasteiger partial charge in [-0.2, -0.15) is 0 Å². The highest BCUT2D eigenvalue weighted by molar-refractivity contribution is 9.10. The van der Waals surface area contributed by atoms with Gasteiger partial charge in [0.1, 0.15) is 0 Å². The van der Waals surface area contributed by atoms with E-state index < -0.39 is 0 Å². The molecule has 1 heterocycles. The molecule has 0 radical (unpaired) electrons. The van der Waals surface area contributed by atoms with Crippen molar-refractivity contribution in [2.75, 3.05) is 20.1 Å². The van der Waals surface area contributed by atoms with Crippen molar-refractivity contribution >= 4 is 15.9 Å². The molecule has 1 aromatic rings. The Morgan fingerprint density at radius 1 is 1.47 bits per heavy atom. The minimum absolute atomic E-state index is 0.702. The van der Waals surface area contributed by atoms with E-state index in [-0.39, 0.29) is 0 Å². The van der Waals surface area contributed by atoms with Crippen LogP contribution < -0.4 is 5.32 Å². The van der Waals surface area contributed by atoms with Crippen LogP contribution in [0.3, 0.4) is 0 Å². The Labute approximate surface area is 113 Å². The fraction of sp³-hybridized carbons (Fsp3) is 0.571. The summed E-state index contributed by atoms with van der Waals surface area (Å²) in [6, 6.07) is 7.35. The van der Waals surface area contributed by atoms with Gasteiger partial charge in [0.15, 0.2) is 0 Å². The summed E-state index contributed by atoms with van der Waals surface area (Å²) in [6.07, 6.45) is 2.65. The number of likely N-dealkylation sites (tertiary alicyclic amines) is 1. The first-order valence-electron chi connectivity index (χ1n) is 6.34. The molecular formula is C14H21BrN2. The van der Waals surface area contributed by atoms with Gasteiger partial charge in [-0.05, 0) is 50.6 Å². The van der Waals surface area contributed by atoms with Gasteiger partial charge in [0, 0.05) is 23.6 Å². The molecule has 1 fully saturated rings.